The van der Waals surface area contributed by atoms with Gasteiger partial charge in [0.1, 0.15) is 0 Å². The fourth-order valence-electron chi connectivity index (χ4n) is 1.63. The highest BCUT2D eigenvalue weighted by atomic mass is 16.4. The van der Waals surface area contributed by atoms with Gasteiger partial charge in [0.25, 0.3) is 0 Å². The van der Waals surface area contributed by atoms with Crippen molar-refractivity contribution in [2.24, 2.45) is 0 Å². The molecule has 0 amide bonds. The summed E-state index contributed by atoms with van der Waals surface area (Å²) >= 11 is 0. The van der Waals surface area contributed by atoms with E-state index in [2.05, 4.69) is 10.2 Å². The van der Waals surface area contributed by atoms with E-state index in [1.54, 1.807) is 12.2 Å². The predicted molar refractivity (Wildman–Crippen MR) is 70.0 cm³/mol. The van der Waals surface area contributed by atoms with Crippen molar-refractivity contribution < 1.29 is 9.90 Å². The number of benzene rings is 1. The second-order valence-corrected chi connectivity index (χ2v) is 4.06. The van der Waals surface area contributed by atoms with Crippen LogP contribution in [0, 0.1) is 6.92 Å². The van der Waals surface area contributed by atoms with Gasteiger partial charge >= 0.3 is 5.97 Å². The van der Waals surface area contributed by atoms with Gasteiger partial charge in [0.05, 0.1) is 12.1 Å². The van der Waals surface area contributed by atoms with Crippen LogP contribution in [0.5, 0.6) is 0 Å². The molecule has 0 radical (unpaired) electrons. The van der Waals surface area contributed by atoms with Gasteiger partial charge in [-0.2, -0.15) is 5.10 Å². The summed E-state index contributed by atoms with van der Waals surface area (Å²) in [5.74, 6) is -0.824. The number of H-pyrrole nitrogens is 1. The maximum Gasteiger partial charge on any atom is 0.307 e. The molecule has 0 saturated carbocycles. The van der Waals surface area contributed by atoms with Crippen LogP contribution >= 0.6 is 0 Å². The van der Waals surface area contributed by atoms with Crippen LogP contribution in [0.25, 0.3) is 17.3 Å². The molecule has 4 nitrogen and oxygen atoms in total. The average molecular weight is 242 g/mol. The third-order valence-electron chi connectivity index (χ3n) is 2.52. The van der Waals surface area contributed by atoms with Gasteiger partial charge < -0.3 is 5.11 Å². The molecule has 1 aromatic carbocycles. The van der Waals surface area contributed by atoms with Gasteiger partial charge in [0.2, 0.25) is 0 Å². The molecule has 18 heavy (non-hydrogen) atoms. The van der Waals surface area contributed by atoms with Crippen molar-refractivity contribution in [2.75, 3.05) is 0 Å². The molecule has 0 atom stereocenters. The Balaban J connectivity index is 2.10. The lowest BCUT2D eigenvalue weighted by molar-refractivity contribution is -0.135. The fourth-order valence-corrected chi connectivity index (χ4v) is 1.63. The normalized spacial score (nSPS) is 10.9. The van der Waals surface area contributed by atoms with Gasteiger partial charge in [-0.3, -0.25) is 9.89 Å². The molecule has 1 aromatic heterocycles. The van der Waals surface area contributed by atoms with E-state index in [4.69, 9.17) is 5.11 Å². The van der Waals surface area contributed by atoms with Crippen LogP contribution in [-0.2, 0) is 4.79 Å². The SMILES string of the molecule is Cc1cc(-c2ccc(/C=C/CC(=O)O)cc2)n[nH]1. The fraction of sp³-hybridized carbons (Fsp3) is 0.143. The van der Waals surface area contributed by atoms with Crippen molar-refractivity contribution in [3.8, 4) is 11.3 Å². The Labute approximate surface area is 105 Å². The maximum atomic E-state index is 10.4. The first-order valence-electron chi connectivity index (χ1n) is 5.66. The van der Waals surface area contributed by atoms with E-state index < -0.39 is 5.97 Å². The van der Waals surface area contributed by atoms with Crippen LogP contribution in [0.4, 0.5) is 0 Å². The number of rotatable bonds is 4. The van der Waals surface area contributed by atoms with Crippen LogP contribution in [-0.4, -0.2) is 21.3 Å². The molecule has 4 heteroatoms. The van der Waals surface area contributed by atoms with Crippen molar-refractivity contribution >= 4 is 12.0 Å². The van der Waals surface area contributed by atoms with E-state index in [1.807, 2.05) is 37.3 Å². The standard InChI is InChI=1S/C14H14N2O2/c1-10-9-13(16-15-10)12-7-5-11(6-8-12)3-2-4-14(17)18/h2-3,5-9H,4H2,1H3,(H,15,16)(H,17,18)/b3-2+. The zero-order valence-electron chi connectivity index (χ0n) is 10.1. The lowest BCUT2D eigenvalue weighted by Crippen LogP contribution is -1.89. The van der Waals surface area contributed by atoms with E-state index >= 15 is 0 Å². The molecule has 92 valence electrons. The Morgan fingerprint density at radius 2 is 2.11 bits per heavy atom. The Morgan fingerprint density at radius 3 is 2.67 bits per heavy atom. The van der Waals surface area contributed by atoms with Gasteiger partial charge in [-0.05, 0) is 18.6 Å². The molecule has 2 N–H and O–H groups in total. The smallest absolute Gasteiger partial charge is 0.307 e. The molecular weight excluding hydrogens is 228 g/mol. The number of carboxylic acid groups (broad SMARTS) is 1. The van der Waals surface area contributed by atoms with Gasteiger partial charge in [-0.25, -0.2) is 0 Å². The van der Waals surface area contributed by atoms with E-state index in [0.717, 1.165) is 22.5 Å². The van der Waals surface area contributed by atoms with Gasteiger partial charge in [0, 0.05) is 11.3 Å². The molecule has 0 unspecified atom stereocenters. The summed E-state index contributed by atoms with van der Waals surface area (Å²) in [6.07, 6.45) is 3.48. The lowest BCUT2D eigenvalue weighted by atomic mass is 10.1. The Kier molecular flexibility index (Phi) is 3.57. The number of hydrogen-bond donors (Lipinski definition) is 2. The maximum absolute atomic E-state index is 10.4. The van der Waals surface area contributed by atoms with Crippen molar-refractivity contribution in [3.63, 3.8) is 0 Å². The number of nitrogens with zero attached hydrogens (tertiary/aromatic N) is 1. The quantitative estimate of drug-likeness (QED) is 0.866. The van der Waals surface area contributed by atoms with Crippen molar-refractivity contribution in [3.05, 3.63) is 47.7 Å². The minimum Gasteiger partial charge on any atom is -0.481 e. The second kappa shape index (κ2) is 5.31. The molecule has 2 aromatic rings. The summed E-state index contributed by atoms with van der Waals surface area (Å²) in [5, 5.41) is 15.6. The molecule has 0 spiro atoms. The molecule has 1 heterocycles. The second-order valence-electron chi connectivity index (χ2n) is 4.06. The summed E-state index contributed by atoms with van der Waals surface area (Å²) in [5.41, 5.74) is 3.95. The number of carboxylic acids is 1. The molecule has 0 fully saturated rings. The van der Waals surface area contributed by atoms with Gasteiger partial charge in [-0.15, -0.1) is 0 Å². The van der Waals surface area contributed by atoms with Crippen LogP contribution in [0.3, 0.4) is 0 Å². The molecular formula is C14H14N2O2. The van der Waals surface area contributed by atoms with Crippen LogP contribution in [0.15, 0.2) is 36.4 Å². The Morgan fingerprint density at radius 1 is 1.39 bits per heavy atom. The number of aromatic amines is 1. The first kappa shape index (κ1) is 12.1. The Hall–Kier alpha value is -2.36. The van der Waals surface area contributed by atoms with Gasteiger partial charge in [-0.1, -0.05) is 36.4 Å². The number of hydrogen-bond acceptors (Lipinski definition) is 2. The van der Waals surface area contributed by atoms with Crippen LogP contribution in [0.1, 0.15) is 17.7 Å². The van der Waals surface area contributed by atoms with Crippen molar-refractivity contribution in [1.29, 1.82) is 0 Å². The summed E-state index contributed by atoms with van der Waals surface area (Å²) < 4.78 is 0. The predicted octanol–water partition coefficient (Wildman–Crippen LogP) is 2.87. The number of aryl methyl sites for hydroxylation is 1. The third-order valence-corrected chi connectivity index (χ3v) is 2.52. The zero-order chi connectivity index (χ0) is 13.0. The highest BCUT2D eigenvalue weighted by Crippen LogP contribution is 2.18. The first-order valence-corrected chi connectivity index (χ1v) is 5.66. The van der Waals surface area contributed by atoms with Crippen molar-refractivity contribution in [2.45, 2.75) is 13.3 Å². The van der Waals surface area contributed by atoms with E-state index in [-0.39, 0.29) is 6.42 Å². The van der Waals surface area contributed by atoms with Crippen LogP contribution < -0.4 is 0 Å². The summed E-state index contributed by atoms with van der Waals surface area (Å²) in [6, 6.07) is 9.80. The lowest BCUT2D eigenvalue weighted by Gasteiger charge is -1.97. The number of aromatic nitrogens is 2. The molecule has 2 rings (SSSR count). The molecule has 0 saturated heterocycles. The van der Waals surface area contributed by atoms with Crippen LogP contribution in [0.2, 0.25) is 0 Å². The summed E-state index contributed by atoms with van der Waals surface area (Å²) in [6.45, 7) is 1.96. The zero-order valence-corrected chi connectivity index (χ0v) is 10.1. The average Bonchev–Trinajstić information content (AvgIpc) is 2.76. The summed E-state index contributed by atoms with van der Waals surface area (Å²) in [7, 11) is 0. The highest BCUT2D eigenvalue weighted by molar-refractivity contribution is 5.70. The molecule has 0 bridgehead atoms. The molecule has 0 aliphatic carbocycles. The monoisotopic (exact) mass is 242 g/mol. The topological polar surface area (TPSA) is 66.0 Å². The number of aliphatic carboxylic acids is 1. The molecule has 0 aliphatic heterocycles. The van der Waals surface area contributed by atoms with E-state index in [9.17, 15) is 4.79 Å². The van der Waals surface area contributed by atoms with E-state index in [1.165, 1.54) is 0 Å². The number of carbonyl (C=O) groups is 1. The minimum atomic E-state index is -0.824. The number of nitrogens with one attached hydrogen (secondary N) is 1. The largest absolute Gasteiger partial charge is 0.481 e. The van der Waals surface area contributed by atoms with E-state index in [0.29, 0.717) is 0 Å². The summed E-state index contributed by atoms with van der Waals surface area (Å²) in [4.78, 5) is 10.4. The first-order chi connectivity index (χ1) is 8.65. The minimum absolute atomic E-state index is 0.0420. The molecule has 0 aliphatic rings. The van der Waals surface area contributed by atoms with Gasteiger partial charge in [0.15, 0.2) is 0 Å². The third kappa shape index (κ3) is 3.07. The Bertz CT molecular complexity index is 568. The van der Waals surface area contributed by atoms with Crippen molar-refractivity contribution in [1.82, 2.24) is 10.2 Å². The highest BCUT2D eigenvalue weighted by Gasteiger charge is 2.00.